The molecule has 1 aromatic carbocycles. The molecule has 2 heterocycles. The minimum absolute atomic E-state index is 0.0128. The number of hydrogen-bond donors (Lipinski definition) is 2. The van der Waals surface area contributed by atoms with Crippen LogP contribution in [0.3, 0.4) is 0 Å². The van der Waals surface area contributed by atoms with Gasteiger partial charge in [-0.3, -0.25) is 9.69 Å². The summed E-state index contributed by atoms with van der Waals surface area (Å²) in [6.45, 7) is 2.90. The molecule has 1 fully saturated rings. The molecular formula is C17H20FN3O2. The number of aromatic nitrogens is 2. The maximum Gasteiger partial charge on any atom is 0.251 e. The number of aliphatic hydroxyl groups is 1. The van der Waals surface area contributed by atoms with Crippen molar-refractivity contribution >= 4 is 0 Å². The Morgan fingerprint density at radius 3 is 2.83 bits per heavy atom. The zero-order valence-corrected chi connectivity index (χ0v) is 13.0. The first-order valence-electron chi connectivity index (χ1n) is 7.82. The van der Waals surface area contributed by atoms with Gasteiger partial charge in [-0.1, -0.05) is 19.1 Å². The second kappa shape index (κ2) is 6.60. The van der Waals surface area contributed by atoms with Crippen molar-refractivity contribution in [3.05, 3.63) is 63.6 Å². The summed E-state index contributed by atoms with van der Waals surface area (Å²) in [5.74, 6) is 0.316. The molecule has 0 amide bonds. The van der Waals surface area contributed by atoms with Crippen molar-refractivity contribution in [2.75, 3.05) is 6.54 Å². The predicted octanol–water partition coefficient (Wildman–Crippen LogP) is 1.78. The lowest BCUT2D eigenvalue weighted by molar-refractivity contribution is 0.171. The van der Waals surface area contributed by atoms with Gasteiger partial charge in [-0.2, -0.15) is 0 Å². The molecule has 0 aliphatic carbocycles. The molecule has 2 N–H and O–H groups in total. The van der Waals surface area contributed by atoms with Gasteiger partial charge in [0.2, 0.25) is 0 Å². The molecule has 0 bridgehead atoms. The lowest BCUT2D eigenvalue weighted by Crippen LogP contribution is -2.27. The van der Waals surface area contributed by atoms with E-state index < -0.39 is 6.10 Å². The van der Waals surface area contributed by atoms with Crippen molar-refractivity contribution < 1.29 is 9.50 Å². The topological polar surface area (TPSA) is 69.2 Å². The van der Waals surface area contributed by atoms with E-state index in [1.807, 2.05) is 6.92 Å². The summed E-state index contributed by atoms with van der Waals surface area (Å²) >= 11 is 0. The van der Waals surface area contributed by atoms with Crippen LogP contribution in [0, 0.1) is 5.82 Å². The number of likely N-dealkylation sites (tertiary alicyclic amines) is 1. The Bertz CT molecular complexity index is 729. The Morgan fingerprint density at radius 1 is 1.39 bits per heavy atom. The fourth-order valence-corrected chi connectivity index (χ4v) is 3.10. The van der Waals surface area contributed by atoms with Crippen molar-refractivity contribution in [2.24, 2.45) is 0 Å². The first kappa shape index (κ1) is 15.8. The minimum Gasteiger partial charge on any atom is -0.392 e. The van der Waals surface area contributed by atoms with Crippen LogP contribution in [0.1, 0.15) is 36.5 Å². The maximum atomic E-state index is 13.1. The Balaban J connectivity index is 1.84. The molecule has 1 aliphatic rings. The van der Waals surface area contributed by atoms with Crippen molar-refractivity contribution in [2.45, 2.75) is 38.5 Å². The van der Waals surface area contributed by atoms with Crippen molar-refractivity contribution in [3.8, 4) is 0 Å². The molecule has 0 spiro atoms. The first-order valence-corrected chi connectivity index (χ1v) is 7.82. The van der Waals surface area contributed by atoms with Crippen LogP contribution in [0.15, 0.2) is 35.1 Å². The summed E-state index contributed by atoms with van der Waals surface area (Å²) in [6, 6.07) is 7.82. The molecule has 3 rings (SSSR count). The van der Waals surface area contributed by atoms with E-state index in [1.165, 1.54) is 18.2 Å². The van der Waals surface area contributed by atoms with Gasteiger partial charge in [0.05, 0.1) is 12.6 Å². The summed E-state index contributed by atoms with van der Waals surface area (Å²) in [5.41, 5.74) is 1.55. The van der Waals surface area contributed by atoms with Gasteiger partial charge in [0, 0.05) is 24.3 Å². The number of halogens is 1. The third kappa shape index (κ3) is 3.65. The number of H-pyrrole nitrogens is 1. The number of nitrogens with zero attached hydrogens (tertiary/aromatic N) is 2. The number of rotatable bonds is 4. The molecule has 2 atom stereocenters. The van der Waals surface area contributed by atoms with Crippen LogP contribution in [-0.4, -0.2) is 32.6 Å². The number of hydrogen-bond acceptors (Lipinski definition) is 4. The van der Waals surface area contributed by atoms with E-state index in [9.17, 15) is 14.3 Å². The van der Waals surface area contributed by atoms with Gasteiger partial charge in [0.15, 0.2) is 0 Å². The number of aliphatic hydroxyl groups excluding tert-OH is 1. The Labute approximate surface area is 133 Å². The SMILES string of the molecule is CCc1cc(=O)[nH]c(CN2C[C@@H](O)C[C@H]2c2ccc(F)cc2)n1. The van der Waals surface area contributed by atoms with E-state index >= 15 is 0 Å². The molecule has 1 aliphatic heterocycles. The quantitative estimate of drug-likeness (QED) is 0.902. The van der Waals surface area contributed by atoms with Crippen LogP contribution in [0.25, 0.3) is 0 Å². The second-order valence-corrected chi connectivity index (χ2v) is 5.92. The van der Waals surface area contributed by atoms with E-state index in [1.54, 1.807) is 12.1 Å². The molecule has 5 nitrogen and oxygen atoms in total. The van der Waals surface area contributed by atoms with Gasteiger partial charge in [0.1, 0.15) is 11.6 Å². The Hall–Kier alpha value is -2.05. The van der Waals surface area contributed by atoms with E-state index in [2.05, 4.69) is 14.9 Å². The zero-order valence-electron chi connectivity index (χ0n) is 13.0. The summed E-state index contributed by atoms with van der Waals surface area (Å²) in [5, 5.41) is 10.0. The highest BCUT2D eigenvalue weighted by Crippen LogP contribution is 2.33. The minimum atomic E-state index is -0.439. The maximum absolute atomic E-state index is 13.1. The standard InChI is InChI=1S/C17H20FN3O2/c1-2-13-7-17(23)20-16(19-13)10-21-9-14(22)8-15(21)11-3-5-12(18)6-4-11/h3-7,14-15,22H,2,8-10H2,1H3,(H,19,20,23)/t14-,15-/m0/s1. The molecule has 0 saturated carbocycles. The molecule has 122 valence electrons. The number of nitrogens with one attached hydrogen (secondary N) is 1. The fourth-order valence-electron chi connectivity index (χ4n) is 3.10. The number of aryl methyl sites for hydroxylation is 1. The highest BCUT2D eigenvalue weighted by Gasteiger charge is 2.32. The molecule has 0 unspecified atom stereocenters. The van der Waals surface area contributed by atoms with Crippen LogP contribution in [0.5, 0.6) is 0 Å². The lowest BCUT2D eigenvalue weighted by atomic mass is 10.0. The predicted molar refractivity (Wildman–Crippen MR) is 84.4 cm³/mol. The summed E-state index contributed by atoms with van der Waals surface area (Å²) in [6.07, 6.45) is 0.843. The number of aromatic amines is 1. The lowest BCUT2D eigenvalue weighted by Gasteiger charge is -2.24. The zero-order chi connectivity index (χ0) is 16.4. The van der Waals surface area contributed by atoms with Crippen LogP contribution in [-0.2, 0) is 13.0 Å². The average molecular weight is 317 g/mol. The van der Waals surface area contributed by atoms with E-state index in [-0.39, 0.29) is 17.4 Å². The Kier molecular flexibility index (Phi) is 4.54. The molecular weight excluding hydrogens is 297 g/mol. The van der Waals surface area contributed by atoms with Crippen LogP contribution in [0.4, 0.5) is 4.39 Å². The Morgan fingerprint density at radius 2 is 2.13 bits per heavy atom. The van der Waals surface area contributed by atoms with Gasteiger partial charge in [-0.05, 0) is 30.5 Å². The average Bonchev–Trinajstić information content (AvgIpc) is 2.88. The van der Waals surface area contributed by atoms with Crippen LogP contribution >= 0.6 is 0 Å². The first-order chi connectivity index (χ1) is 11.0. The fraction of sp³-hybridized carbons (Fsp3) is 0.412. The van der Waals surface area contributed by atoms with E-state index in [0.29, 0.717) is 31.8 Å². The highest BCUT2D eigenvalue weighted by molar-refractivity contribution is 5.21. The van der Waals surface area contributed by atoms with Crippen molar-refractivity contribution in [3.63, 3.8) is 0 Å². The summed E-state index contributed by atoms with van der Waals surface area (Å²) < 4.78 is 13.1. The van der Waals surface area contributed by atoms with Crippen molar-refractivity contribution in [1.82, 2.24) is 14.9 Å². The third-order valence-corrected chi connectivity index (χ3v) is 4.20. The second-order valence-electron chi connectivity index (χ2n) is 5.92. The van der Waals surface area contributed by atoms with Gasteiger partial charge < -0.3 is 10.1 Å². The highest BCUT2D eigenvalue weighted by atomic mass is 19.1. The van der Waals surface area contributed by atoms with E-state index in [0.717, 1.165) is 11.3 Å². The smallest absolute Gasteiger partial charge is 0.251 e. The number of β-amino-alcohol motifs (C(OH)–C–C–N with tert-alkyl or cyclic N) is 1. The molecule has 1 aromatic heterocycles. The molecule has 1 saturated heterocycles. The van der Waals surface area contributed by atoms with Gasteiger partial charge >= 0.3 is 0 Å². The molecule has 2 aromatic rings. The number of benzene rings is 1. The van der Waals surface area contributed by atoms with Gasteiger partial charge in [0.25, 0.3) is 5.56 Å². The normalized spacial score (nSPS) is 21.7. The largest absolute Gasteiger partial charge is 0.392 e. The van der Waals surface area contributed by atoms with E-state index in [4.69, 9.17) is 0 Å². The summed E-state index contributed by atoms with van der Waals surface area (Å²) in [4.78, 5) is 21.0. The van der Waals surface area contributed by atoms with Crippen LogP contribution in [0.2, 0.25) is 0 Å². The van der Waals surface area contributed by atoms with Gasteiger partial charge in [-0.25, -0.2) is 9.37 Å². The monoisotopic (exact) mass is 317 g/mol. The third-order valence-electron chi connectivity index (χ3n) is 4.20. The van der Waals surface area contributed by atoms with Crippen molar-refractivity contribution in [1.29, 1.82) is 0 Å². The molecule has 0 radical (unpaired) electrons. The molecule has 6 heteroatoms. The van der Waals surface area contributed by atoms with Crippen LogP contribution < -0.4 is 5.56 Å². The molecule has 23 heavy (non-hydrogen) atoms. The van der Waals surface area contributed by atoms with Gasteiger partial charge in [-0.15, -0.1) is 0 Å². The summed E-state index contributed by atoms with van der Waals surface area (Å²) in [7, 11) is 0.